The van der Waals surface area contributed by atoms with Crippen molar-refractivity contribution in [3.05, 3.63) is 48.2 Å². The number of benzene rings is 1. The highest BCUT2D eigenvalue weighted by Crippen LogP contribution is 2.32. The van der Waals surface area contributed by atoms with Crippen LogP contribution >= 0.6 is 0 Å². The normalized spacial score (nSPS) is 21.1. The molecule has 1 saturated heterocycles. The highest BCUT2D eigenvalue weighted by molar-refractivity contribution is 5.89. The van der Waals surface area contributed by atoms with E-state index in [0.717, 1.165) is 18.4 Å². The summed E-state index contributed by atoms with van der Waals surface area (Å²) in [5, 5.41) is 3.37. The maximum atomic E-state index is 12.2. The Balaban J connectivity index is 1.60. The number of anilines is 2. The average Bonchev–Trinajstić information content (AvgIpc) is 3.25. The van der Waals surface area contributed by atoms with Crippen LogP contribution in [0.15, 0.2) is 42.6 Å². The number of ether oxygens (including phenoxy) is 1. The molecule has 6 nitrogen and oxygen atoms in total. The molecule has 2 fully saturated rings. The average molecular weight is 324 g/mol. The van der Waals surface area contributed by atoms with Crippen LogP contribution in [0, 0.1) is 0 Å². The van der Waals surface area contributed by atoms with Crippen molar-refractivity contribution in [1.29, 1.82) is 0 Å². The van der Waals surface area contributed by atoms with Crippen LogP contribution in [-0.4, -0.2) is 28.7 Å². The van der Waals surface area contributed by atoms with Crippen LogP contribution in [-0.2, 0) is 4.74 Å². The standard InChI is InChI=1S/C18H20N4O2/c23-18-22(15(12-24-18)13-6-2-1-3-7-13)16-10-11-19-17(21-16)20-14-8-4-5-9-14/h1-3,6-7,10-11,14-15H,4-5,8-9,12H2,(H,19,20,21)/t15-/m1/s1. The van der Waals surface area contributed by atoms with Gasteiger partial charge in [0, 0.05) is 12.2 Å². The van der Waals surface area contributed by atoms with Crippen molar-refractivity contribution in [3.63, 3.8) is 0 Å². The Labute approximate surface area is 140 Å². The Morgan fingerprint density at radius 1 is 1.12 bits per heavy atom. The summed E-state index contributed by atoms with van der Waals surface area (Å²) in [6.07, 6.45) is 6.10. The van der Waals surface area contributed by atoms with E-state index in [9.17, 15) is 4.79 Å². The lowest BCUT2D eigenvalue weighted by Crippen LogP contribution is -2.28. The molecule has 2 aromatic rings. The molecule has 2 aliphatic rings. The van der Waals surface area contributed by atoms with Gasteiger partial charge in [-0.25, -0.2) is 9.78 Å². The highest BCUT2D eigenvalue weighted by Gasteiger charge is 2.36. The second-order valence-corrected chi connectivity index (χ2v) is 6.24. The second kappa shape index (κ2) is 6.47. The van der Waals surface area contributed by atoms with Gasteiger partial charge < -0.3 is 10.1 Å². The van der Waals surface area contributed by atoms with Gasteiger partial charge in [-0.05, 0) is 24.5 Å². The fraction of sp³-hybridized carbons (Fsp3) is 0.389. The first-order chi connectivity index (χ1) is 11.8. The highest BCUT2D eigenvalue weighted by atomic mass is 16.6. The lowest BCUT2D eigenvalue weighted by atomic mass is 10.1. The predicted molar refractivity (Wildman–Crippen MR) is 90.9 cm³/mol. The minimum atomic E-state index is -0.366. The zero-order valence-electron chi connectivity index (χ0n) is 13.4. The molecule has 124 valence electrons. The van der Waals surface area contributed by atoms with Gasteiger partial charge in [-0.3, -0.25) is 4.90 Å². The summed E-state index contributed by atoms with van der Waals surface area (Å²) < 4.78 is 5.27. The van der Waals surface area contributed by atoms with Crippen LogP contribution in [0.2, 0.25) is 0 Å². The second-order valence-electron chi connectivity index (χ2n) is 6.24. The van der Waals surface area contributed by atoms with Crippen LogP contribution in [0.3, 0.4) is 0 Å². The molecule has 1 aliphatic carbocycles. The van der Waals surface area contributed by atoms with E-state index in [1.165, 1.54) is 12.8 Å². The molecular formula is C18H20N4O2. The number of amides is 1. The van der Waals surface area contributed by atoms with Crippen LogP contribution in [0.25, 0.3) is 0 Å². The number of hydrogen-bond acceptors (Lipinski definition) is 5. The van der Waals surface area contributed by atoms with E-state index in [1.54, 1.807) is 17.2 Å². The Bertz CT molecular complexity index is 716. The summed E-state index contributed by atoms with van der Waals surface area (Å²) in [4.78, 5) is 22.7. The Hall–Kier alpha value is -2.63. The Kier molecular flexibility index (Phi) is 4.02. The third-order valence-corrected chi connectivity index (χ3v) is 4.63. The molecule has 1 aromatic heterocycles. The number of carbonyl (C=O) groups is 1. The Morgan fingerprint density at radius 2 is 1.92 bits per heavy atom. The summed E-state index contributed by atoms with van der Waals surface area (Å²) in [7, 11) is 0. The van der Waals surface area contributed by atoms with Crippen LogP contribution in [0.5, 0.6) is 0 Å². The van der Waals surface area contributed by atoms with E-state index >= 15 is 0 Å². The third kappa shape index (κ3) is 2.91. The number of nitrogens with one attached hydrogen (secondary N) is 1. The SMILES string of the molecule is O=C1OC[C@H](c2ccccc2)N1c1ccnc(NC2CCCC2)n1. The van der Waals surface area contributed by atoms with Crippen molar-refractivity contribution in [2.75, 3.05) is 16.8 Å². The van der Waals surface area contributed by atoms with Gasteiger partial charge in [-0.1, -0.05) is 43.2 Å². The third-order valence-electron chi connectivity index (χ3n) is 4.63. The molecule has 0 bridgehead atoms. The minimum Gasteiger partial charge on any atom is -0.447 e. The lowest BCUT2D eigenvalue weighted by Gasteiger charge is -2.21. The van der Waals surface area contributed by atoms with E-state index < -0.39 is 0 Å². The summed E-state index contributed by atoms with van der Waals surface area (Å²) in [6, 6.07) is 11.9. The van der Waals surface area contributed by atoms with Crippen molar-refractivity contribution in [3.8, 4) is 0 Å². The summed E-state index contributed by atoms with van der Waals surface area (Å²) in [5.74, 6) is 1.15. The molecule has 4 rings (SSSR count). The van der Waals surface area contributed by atoms with Crippen LogP contribution < -0.4 is 10.2 Å². The van der Waals surface area contributed by atoms with E-state index in [-0.39, 0.29) is 12.1 Å². The predicted octanol–water partition coefficient (Wildman–Crippen LogP) is 3.53. The number of nitrogens with zero attached hydrogens (tertiary/aromatic N) is 3. The fourth-order valence-corrected chi connectivity index (χ4v) is 3.40. The molecule has 1 aliphatic heterocycles. The van der Waals surface area contributed by atoms with E-state index in [4.69, 9.17) is 4.74 Å². The molecule has 24 heavy (non-hydrogen) atoms. The minimum absolute atomic E-state index is 0.159. The molecule has 1 saturated carbocycles. The van der Waals surface area contributed by atoms with Gasteiger partial charge in [-0.15, -0.1) is 0 Å². The van der Waals surface area contributed by atoms with Gasteiger partial charge in [0.05, 0.1) is 0 Å². The molecule has 0 spiro atoms. The number of carbonyl (C=O) groups excluding carboxylic acids is 1. The first-order valence-corrected chi connectivity index (χ1v) is 8.42. The maximum absolute atomic E-state index is 12.2. The van der Waals surface area contributed by atoms with Gasteiger partial charge in [0.15, 0.2) is 0 Å². The molecule has 0 radical (unpaired) electrons. The first-order valence-electron chi connectivity index (χ1n) is 8.42. The zero-order valence-corrected chi connectivity index (χ0v) is 13.4. The number of rotatable bonds is 4. The van der Waals surface area contributed by atoms with Crippen LogP contribution in [0.4, 0.5) is 16.6 Å². The topological polar surface area (TPSA) is 67.3 Å². The zero-order chi connectivity index (χ0) is 16.4. The van der Waals surface area contributed by atoms with Crippen molar-refractivity contribution >= 4 is 17.9 Å². The molecule has 0 unspecified atom stereocenters. The summed E-state index contributed by atoms with van der Waals surface area (Å²) in [6.45, 7) is 0.332. The quantitative estimate of drug-likeness (QED) is 0.932. The number of cyclic esters (lactones) is 1. The maximum Gasteiger partial charge on any atom is 0.416 e. The van der Waals surface area contributed by atoms with Crippen molar-refractivity contribution in [1.82, 2.24) is 9.97 Å². The largest absolute Gasteiger partial charge is 0.447 e. The summed E-state index contributed by atoms with van der Waals surface area (Å²) in [5.41, 5.74) is 1.03. The summed E-state index contributed by atoms with van der Waals surface area (Å²) >= 11 is 0. The first kappa shape index (κ1) is 14.9. The molecule has 1 aromatic carbocycles. The van der Waals surface area contributed by atoms with Gasteiger partial charge in [0.25, 0.3) is 0 Å². The molecule has 6 heteroatoms. The van der Waals surface area contributed by atoms with E-state index in [1.807, 2.05) is 30.3 Å². The van der Waals surface area contributed by atoms with Crippen LogP contribution in [0.1, 0.15) is 37.3 Å². The molecular weight excluding hydrogens is 304 g/mol. The van der Waals surface area contributed by atoms with E-state index in [0.29, 0.717) is 24.4 Å². The molecule has 1 N–H and O–H groups in total. The number of hydrogen-bond donors (Lipinski definition) is 1. The number of aromatic nitrogens is 2. The van der Waals surface area contributed by atoms with Gasteiger partial charge in [0.1, 0.15) is 18.5 Å². The smallest absolute Gasteiger partial charge is 0.416 e. The van der Waals surface area contributed by atoms with E-state index in [2.05, 4.69) is 15.3 Å². The monoisotopic (exact) mass is 324 g/mol. The van der Waals surface area contributed by atoms with Crippen molar-refractivity contribution < 1.29 is 9.53 Å². The van der Waals surface area contributed by atoms with Crippen molar-refractivity contribution in [2.24, 2.45) is 0 Å². The Morgan fingerprint density at radius 3 is 2.71 bits per heavy atom. The van der Waals surface area contributed by atoms with Gasteiger partial charge in [-0.2, -0.15) is 4.98 Å². The molecule has 1 amide bonds. The molecule has 1 atom stereocenters. The fourth-order valence-electron chi connectivity index (χ4n) is 3.40. The van der Waals surface area contributed by atoms with Gasteiger partial charge >= 0.3 is 6.09 Å². The lowest BCUT2D eigenvalue weighted by molar-refractivity contribution is 0.179. The van der Waals surface area contributed by atoms with Crippen molar-refractivity contribution in [2.45, 2.75) is 37.8 Å². The van der Waals surface area contributed by atoms with Gasteiger partial charge in [0.2, 0.25) is 5.95 Å². The molecule has 2 heterocycles.